The SMILES string of the molecule is Cc1cnc(Cl)nc1Nc1cccn(CCS(C)(=O)=O)c1=O. The molecule has 7 nitrogen and oxygen atoms in total. The fourth-order valence-corrected chi connectivity index (χ4v) is 2.41. The second kappa shape index (κ2) is 6.45. The molecule has 0 aliphatic carbocycles. The Labute approximate surface area is 132 Å². The summed E-state index contributed by atoms with van der Waals surface area (Å²) in [6.45, 7) is 1.88. The van der Waals surface area contributed by atoms with E-state index in [0.717, 1.165) is 11.8 Å². The van der Waals surface area contributed by atoms with Gasteiger partial charge in [-0.05, 0) is 30.7 Å². The minimum Gasteiger partial charge on any atom is -0.335 e. The van der Waals surface area contributed by atoms with Gasteiger partial charge in [-0.3, -0.25) is 4.79 Å². The molecule has 0 fully saturated rings. The molecule has 0 aliphatic rings. The van der Waals surface area contributed by atoms with E-state index in [4.69, 9.17) is 11.6 Å². The van der Waals surface area contributed by atoms with Gasteiger partial charge in [0.1, 0.15) is 21.3 Å². The molecule has 2 heterocycles. The molecule has 0 saturated heterocycles. The van der Waals surface area contributed by atoms with Gasteiger partial charge in [0.05, 0.1) is 5.75 Å². The number of hydrogen-bond donors (Lipinski definition) is 1. The lowest BCUT2D eigenvalue weighted by Gasteiger charge is -2.10. The number of nitrogens with zero attached hydrogens (tertiary/aromatic N) is 3. The Balaban J connectivity index is 2.29. The average molecular weight is 343 g/mol. The molecular weight excluding hydrogens is 328 g/mol. The van der Waals surface area contributed by atoms with Crippen LogP contribution < -0.4 is 10.9 Å². The lowest BCUT2D eigenvalue weighted by atomic mass is 10.3. The van der Waals surface area contributed by atoms with E-state index < -0.39 is 9.84 Å². The summed E-state index contributed by atoms with van der Waals surface area (Å²) in [6.07, 6.45) is 4.22. The lowest BCUT2D eigenvalue weighted by Crippen LogP contribution is -2.25. The number of pyridine rings is 1. The molecule has 0 amide bonds. The van der Waals surface area contributed by atoms with Crippen molar-refractivity contribution in [1.29, 1.82) is 0 Å². The molecule has 2 rings (SSSR count). The van der Waals surface area contributed by atoms with Crippen molar-refractivity contribution in [2.75, 3.05) is 17.3 Å². The van der Waals surface area contributed by atoms with E-state index in [-0.39, 0.29) is 28.8 Å². The topological polar surface area (TPSA) is 93.9 Å². The molecule has 9 heteroatoms. The van der Waals surface area contributed by atoms with Crippen molar-refractivity contribution in [2.24, 2.45) is 0 Å². The van der Waals surface area contributed by atoms with Gasteiger partial charge in [-0.15, -0.1) is 0 Å². The van der Waals surface area contributed by atoms with Gasteiger partial charge in [-0.1, -0.05) is 0 Å². The molecule has 118 valence electrons. The number of rotatable bonds is 5. The van der Waals surface area contributed by atoms with E-state index in [1.807, 2.05) is 0 Å². The largest absolute Gasteiger partial charge is 0.335 e. The highest BCUT2D eigenvalue weighted by molar-refractivity contribution is 7.90. The lowest BCUT2D eigenvalue weighted by molar-refractivity contribution is 0.593. The van der Waals surface area contributed by atoms with Crippen molar-refractivity contribution >= 4 is 32.9 Å². The predicted octanol–water partition coefficient (Wildman–Crippen LogP) is 1.39. The standard InChI is InChI=1S/C13H15ClN4O3S/c1-9-8-15-13(14)17-11(9)16-10-4-3-5-18(12(10)19)6-7-22(2,20)21/h3-5,8H,6-7H2,1-2H3,(H,15,16,17). The quantitative estimate of drug-likeness (QED) is 0.825. The Morgan fingerprint density at radius 1 is 1.41 bits per heavy atom. The maximum absolute atomic E-state index is 12.3. The molecule has 0 spiro atoms. The van der Waals surface area contributed by atoms with E-state index in [0.29, 0.717) is 5.82 Å². The first-order chi connectivity index (χ1) is 10.3. The summed E-state index contributed by atoms with van der Waals surface area (Å²) in [7, 11) is -3.14. The van der Waals surface area contributed by atoms with Crippen LogP contribution in [0.1, 0.15) is 5.56 Å². The van der Waals surface area contributed by atoms with Gasteiger partial charge in [-0.25, -0.2) is 18.4 Å². The van der Waals surface area contributed by atoms with Gasteiger partial charge >= 0.3 is 0 Å². The van der Waals surface area contributed by atoms with Crippen molar-refractivity contribution in [3.63, 3.8) is 0 Å². The molecule has 0 unspecified atom stereocenters. The molecule has 2 aromatic rings. The van der Waals surface area contributed by atoms with E-state index in [1.54, 1.807) is 31.5 Å². The Morgan fingerprint density at radius 2 is 2.14 bits per heavy atom. The fraction of sp³-hybridized carbons (Fsp3) is 0.308. The summed E-state index contributed by atoms with van der Waals surface area (Å²) in [5.74, 6) is 0.326. The summed E-state index contributed by atoms with van der Waals surface area (Å²) in [5, 5.41) is 2.97. The van der Waals surface area contributed by atoms with E-state index in [2.05, 4.69) is 15.3 Å². The Bertz CT molecular complexity index is 849. The first-order valence-electron chi connectivity index (χ1n) is 6.39. The fourth-order valence-electron chi connectivity index (χ4n) is 1.75. The van der Waals surface area contributed by atoms with Crippen molar-refractivity contribution in [3.8, 4) is 0 Å². The average Bonchev–Trinajstić information content (AvgIpc) is 2.43. The number of anilines is 2. The second-order valence-electron chi connectivity index (χ2n) is 4.85. The second-order valence-corrected chi connectivity index (χ2v) is 7.44. The molecule has 1 N–H and O–H groups in total. The summed E-state index contributed by atoms with van der Waals surface area (Å²) >= 11 is 5.74. The number of hydrogen-bond acceptors (Lipinski definition) is 6. The van der Waals surface area contributed by atoms with Crippen LogP contribution in [0, 0.1) is 6.92 Å². The van der Waals surface area contributed by atoms with Crippen molar-refractivity contribution in [1.82, 2.24) is 14.5 Å². The van der Waals surface area contributed by atoms with Crippen LogP contribution >= 0.6 is 11.6 Å². The highest BCUT2D eigenvalue weighted by Gasteiger charge is 2.09. The van der Waals surface area contributed by atoms with Crippen molar-refractivity contribution in [2.45, 2.75) is 13.5 Å². The van der Waals surface area contributed by atoms with Crippen LogP contribution in [0.15, 0.2) is 29.3 Å². The van der Waals surface area contributed by atoms with Gasteiger partial charge in [0.15, 0.2) is 0 Å². The molecule has 0 aliphatic heterocycles. The molecule has 2 aromatic heterocycles. The van der Waals surface area contributed by atoms with Gasteiger partial charge in [-0.2, -0.15) is 0 Å². The summed E-state index contributed by atoms with van der Waals surface area (Å²) in [4.78, 5) is 20.2. The Morgan fingerprint density at radius 3 is 2.82 bits per heavy atom. The summed E-state index contributed by atoms with van der Waals surface area (Å²) < 4.78 is 23.8. The normalized spacial score (nSPS) is 11.4. The number of aromatic nitrogens is 3. The summed E-state index contributed by atoms with van der Waals surface area (Å²) in [5.41, 5.74) is 0.685. The Kier molecular flexibility index (Phi) is 4.82. The van der Waals surface area contributed by atoms with E-state index >= 15 is 0 Å². The maximum atomic E-state index is 12.3. The van der Waals surface area contributed by atoms with Crippen LogP contribution in [0.5, 0.6) is 0 Å². The highest BCUT2D eigenvalue weighted by atomic mass is 35.5. The smallest absolute Gasteiger partial charge is 0.274 e. The monoisotopic (exact) mass is 342 g/mol. The van der Waals surface area contributed by atoms with Crippen LogP contribution in [-0.4, -0.2) is 35.0 Å². The third-order valence-electron chi connectivity index (χ3n) is 2.92. The van der Waals surface area contributed by atoms with Crippen LogP contribution in [0.3, 0.4) is 0 Å². The first-order valence-corrected chi connectivity index (χ1v) is 8.83. The van der Waals surface area contributed by atoms with Crippen LogP contribution in [0.2, 0.25) is 5.28 Å². The number of nitrogens with one attached hydrogen (secondary N) is 1. The molecule has 0 saturated carbocycles. The van der Waals surface area contributed by atoms with Crippen LogP contribution in [0.25, 0.3) is 0 Å². The number of halogens is 1. The third-order valence-corrected chi connectivity index (χ3v) is 4.02. The number of sulfone groups is 1. The van der Waals surface area contributed by atoms with Crippen molar-refractivity contribution < 1.29 is 8.42 Å². The first kappa shape index (κ1) is 16.4. The molecule has 22 heavy (non-hydrogen) atoms. The van der Waals surface area contributed by atoms with Gasteiger partial charge in [0, 0.05) is 30.8 Å². The molecule has 0 aromatic carbocycles. The zero-order chi connectivity index (χ0) is 16.3. The zero-order valence-electron chi connectivity index (χ0n) is 12.1. The highest BCUT2D eigenvalue weighted by Crippen LogP contribution is 2.16. The minimum atomic E-state index is -3.14. The predicted molar refractivity (Wildman–Crippen MR) is 85.5 cm³/mol. The maximum Gasteiger partial charge on any atom is 0.274 e. The minimum absolute atomic E-state index is 0.0708. The zero-order valence-corrected chi connectivity index (χ0v) is 13.6. The Hall–Kier alpha value is -1.93. The van der Waals surface area contributed by atoms with E-state index in [9.17, 15) is 13.2 Å². The molecule has 0 atom stereocenters. The van der Waals surface area contributed by atoms with Gasteiger partial charge < -0.3 is 9.88 Å². The molecular formula is C13H15ClN4O3S. The van der Waals surface area contributed by atoms with Gasteiger partial charge in [0.2, 0.25) is 5.28 Å². The third kappa shape index (κ3) is 4.28. The van der Waals surface area contributed by atoms with Crippen LogP contribution in [0.4, 0.5) is 11.5 Å². The molecule has 0 bridgehead atoms. The van der Waals surface area contributed by atoms with Crippen molar-refractivity contribution in [3.05, 3.63) is 45.7 Å². The number of aryl methyl sites for hydroxylation is 2. The summed E-state index contributed by atoms with van der Waals surface area (Å²) in [6, 6.07) is 3.25. The van der Waals surface area contributed by atoms with Crippen LogP contribution in [-0.2, 0) is 16.4 Å². The molecule has 0 radical (unpaired) electrons. The van der Waals surface area contributed by atoms with E-state index in [1.165, 1.54) is 4.57 Å². The van der Waals surface area contributed by atoms with Gasteiger partial charge in [0.25, 0.3) is 5.56 Å².